The van der Waals surface area contributed by atoms with E-state index < -0.39 is 19.0 Å². The van der Waals surface area contributed by atoms with Gasteiger partial charge < -0.3 is 14.4 Å². The number of nitrogens with zero attached hydrogens (tertiary/aromatic N) is 1. The second-order valence-electron chi connectivity index (χ2n) is 3.28. The van der Waals surface area contributed by atoms with Gasteiger partial charge in [0.05, 0.1) is 18.1 Å². The molecule has 7 nitrogen and oxygen atoms in total. The maximum atomic E-state index is 12.5. The highest BCUT2D eigenvalue weighted by Crippen LogP contribution is 2.24. The Morgan fingerprint density at radius 1 is 1.35 bits per heavy atom. The molecule has 1 rings (SSSR count). The molecule has 1 aromatic carbocycles. The molecule has 0 aliphatic carbocycles. The number of nitro benzene ring substituents is 1. The molecule has 1 aromatic rings. The summed E-state index contributed by atoms with van der Waals surface area (Å²) in [4.78, 5) is 9.77. The number of nitrogens with one attached hydrogen (secondary N) is 1. The average Bonchev–Trinajstić information content (AvgIpc) is 2.39. The van der Waals surface area contributed by atoms with Crippen LogP contribution >= 0.6 is 8.25 Å². The zero-order valence-electron chi connectivity index (χ0n) is 11.5. The molecule has 0 amide bonds. The van der Waals surface area contributed by atoms with Crippen LogP contribution in [0.2, 0.25) is 0 Å². The summed E-state index contributed by atoms with van der Waals surface area (Å²) in [7, 11) is -0.640. The quantitative estimate of drug-likeness (QED) is 0.493. The number of halogens is 1. The Hall–Kier alpha value is -1.50. The minimum atomic E-state index is -2.14. The maximum absolute atomic E-state index is 12.5. The van der Waals surface area contributed by atoms with Crippen molar-refractivity contribution >= 4 is 19.6 Å². The molecule has 0 fully saturated rings. The van der Waals surface area contributed by atoms with Crippen molar-refractivity contribution in [2.24, 2.45) is 0 Å². The normalized spacial score (nSPS) is 9.85. The maximum Gasteiger partial charge on any atom is 0.319 e. The molecule has 20 heavy (non-hydrogen) atoms. The van der Waals surface area contributed by atoms with Crippen LogP contribution in [0.1, 0.15) is 13.8 Å². The standard InChI is InChI=1S/C7H7FN2O2.C4H11O3P/c1-9-6-4-5(8)2-3-7(6)10(11)12;1-3-6-8(5)7-4-2/h2-4,9H,1H3;8H,3-4H2,1-2H3. The fourth-order valence-corrected chi connectivity index (χ4v) is 1.70. The second kappa shape index (κ2) is 10.3. The number of hydrogen-bond acceptors (Lipinski definition) is 6. The van der Waals surface area contributed by atoms with Crippen LogP contribution in [-0.2, 0) is 13.6 Å². The van der Waals surface area contributed by atoms with Crippen molar-refractivity contribution in [3.05, 3.63) is 34.1 Å². The summed E-state index contributed by atoms with van der Waals surface area (Å²) in [5, 5.41) is 12.9. The molecule has 0 saturated carbocycles. The van der Waals surface area contributed by atoms with Crippen LogP contribution in [0.15, 0.2) is 18.2 Å². The van der Waals surface area contributed by atoms with E-state index in [9.17, 15) is 19.1 Å². The van der Waals surface area contributed by atoms with Crippen LogP contribution in [0, 0.1) is 15.9 Å². The largest absolute Gasteiger partial charge is 0.382 e. The van der Waals surface area contributed by atoms with Gasteiger partial charge in [-0.2, -0.15) is 0 Å². The summed E-state index contributed by atoms with van der Waals surface area (Å²) in [6, 6.07) is 3.26. The molecule has 0 aliphatic rings. The number of rotatable bonds is 6. The molecule has 9 heteroatoms. The van der Waals surface area contributed by atoms with Crippen LogP contribution in [-0.4, -0.2) is 25.2 Å². The zero-order valence-corrected chi connectivity index (χ0v) is 12.5. The van der Waals surface area contributed by atoms with Gasteiger partial charge in [-0.1, -0.05) is 0 Å². The van der Waals surface area contributed by atoms with Gasteiger partial charge in [-0.05, 0) is 19.9 Å². The molecule has 0 aromatic heterocycles. The number of nitro groups is 1. The van der Waals surface area contributed by atoms with E-state index in [-0.39, 0.29) is 11.4 Å². The number of anilines is 1. The zero-order chi connectivity index (χ0) is 15.5. The fraction of sp³-hybridized carbons (Fsp3) is 0.455. The van der Waals surface area contributed by atoms with Crippen LogP contribution in [0.5, 0.6) is 0 Å². The van der Waals surface area contributed by atoms with Crippen molar-refractivity contribution in [2.75, 3.05) is 25.6 Å². The summed E-state index contributed by atoms with van der Waals surface area (Å²) >= 11 is 0. The first-order chi connectivity index (χ1) is 9.46. The van der Waals surface area contributed by atoms with E-state index in [4.69, 9.17) is 0 Å². The van der Waals surface area contributed by atoms with Gasteiger partial charge >= 0.3 is 8.25 Å². The lowest BCUT2D eigenvalue weighted by atomic mass is 10.2. The topological polar surface area (TPSA) is 90.7 Å². The molecule has 114 valence electrons. The highest BCUT2D eigenvalue weighted by molar-refractivity contribution is 7.33. The molecule has 0 aliphatic heterocycles. The van der Waals surface area contributed by atoms with E-state index in [2.05, 4.69) is 14.4 Å². The van der Waals surface area contributed by atoms with Crippen LogP contribution in [0.4, 0.5) is 15.8 Å². The Balaban J connectivity index is 0.000000396. The van der Waals surface area contributed by atoms with E-state index in [0.717, 1.165) is 18.2 Å². The summed E-state index contributed by atoms with van der Waals surface area (Å²) in [6.07, 6.45) is 0. The molecule has 1 N–H and O–H groups in total. The van der Waals surface area contributed by atoms with Crippen LogP contribution < -0.4 is 5.32 Å². The molecule has 0 atom stereocenters. The fourth-order valence-electron chi connectivity index (χ4n) is 1.15. The van der Waals surface area contributed by atoms with Gasteiger partial charge in [-0.3, -0.25) is 14.7 Å². The average molecular weight is 308 g/mol. The third-order valence-electron chi connectivity index (χ3n) is 1.95. The van der Waals surface area contributed by atoms with Gasteiger partial charge in [0.1, 0.15) is 11.5 Å². The van der Waals surface area contributed by atoms with Crippen LogP contribution in [0.25, 0.3) is 0 Å². The van der Waals surface area contributed by atoms with Crippen molar-refractivity contribution in [3.63, 3.8) is 0 Å². The Morgan fingerprint density at radius 2 is 1.90 bits per heavy atom. The van der Waals surface area contributed by atoms with Gasteiger partial charge in [0.2, 0.25) is 0 Å². The summed E-state index contributed by atoms with van der Waals surface area (Å²) < 4.78 is 32.1. The highest BCUT2D eigenvalue weighted by atomic mass is 31.1. The molecule has 0 bridgehead atoms. The Kier molecular flexibility index (Phi) is 9.53. The van der Waals surface area contributed by atoms with E-state index in [1.807, 2.05) is 0 Å². The lowest BCUT2D eigenvalue weighted by molar-refractivity contribution is -0.384. The lowest BCUT2D eigenvalue weighted by Crippen LogP contribution is -1.96. The van der Waals surface area contributed by atoms with E-state index in [1.165, 1.54) is 7.05 Å². The first kappa shape index (κ1) is 18.5. The minimum absolute atomic E-state index is 0.126. The van der Waals surface area contributed by atoms with Crippen molar-refractivity contribution in [3.8, 4) is 0 Å². The first-order valence-electron chi connectivity index (χ1n) is 5.87. The van der Waals surface area contributed by atoms with Crippen molar-refractivity contribution in [1.82, 2.24) is 0 Å². The first-order valence-corrected chi connectivity index (χ1v) is 7.09. The predicted molar refractivity (Wildman–Crippen MR) is 74.9 cm³/mol. The summed E-state index contributed by atoms with van der Waals surface area (Å²) in [6.45, 7) is 4.47. The van der Waals surface area contributed by atoms with Gasteiger partial charge in [0.15, 0.2) is 0 Å². The Bertz CT molecular complexity index is 450. The Morgan fingerprint density at radius 3 is 2.30 bits per heavy atom. The molecule has 0 heterocycles. The third-order valence-corrected chi connectivity index (χ3v) is 3.00. The third kappa shape index (κ3) is 7.18. The smallest absolute Gasteiger partial charge is 0.319 e. The highest BCUT2D eigenvalue weighted by Gasteiger charge is 2.12. The molecule has 0 radical (unpaired) electrons. The predicted octanol–water partition coefficient (Wildman–Crippen LogP) is 3.22. The summed E-state index contributed by atoms with van der Waals surface area (Å²) in [5.41, 5.74) is 0.0545. The van der Waals surface area contributed by atoms with E-state index in [0.29, 0.717) is 13.2 Å². The molecular formula is C11H18FN2O5P. The lowest BCUT2D eigenvalue weighted by Gasteiger charge is -2.00. The molecule has 0 unspecified atom stereocenters. The Labute approximate surface area is 117 Å². The second-order valence-corrected chi connectivity index (χ2v) is 4.36. The number of hydrogen-bond donors (Lipinski definition) is 1. The number of benzene rings is 1. The van der Waals surface area contributed by atoms with Gasteiger partial charge in [-0.25, -0.2) is 4.39 Å². The molecule has 0 saturated heterocycles. The molecule has 0 spiro atoms. The van der Waals surface area contributed by atoms with Gasteiger partial charge in [-0.15, -0.1) is 0 Å². The summed E-state index contributed by atoms with van der Waals surface area (Å²) in [5.74, 6) is -0.495. The van der Waals surface area contributed by atoms with Gasteiger partial charge in [0.25, 0.3) is 5.69 Å². The van der Waals surface area contributed by atoms with Crippen molar-refractivity contribution in [2.45, 2.75) is 13.8 Å². The minimum Gasteiger partial charge on any atom is -0.382 e. The van der Waals surface area contributed by atoms with Crippen LogP contribution in [0.3, 0.4) is 0 Å². The monoisotopic (exact) mass is 308 g/mol. The van der Waals surface area contributed by atoms with E-state index in [1.54, 1.807) is 13.8 Å². The van der Waals surface area contributed by atoms with E-state index >= 15 is 0 Å². The van der Waals surface area contributed by atoms with Gasteiger partial charge in [0, 0.05) is 19.2 Å². The SMILES string of the molecule is CCO[PH](=O)OCC.CNc1cc(F)ccc1[N+](=O)[O-]. The molecular weight excluding hydrogens is 290 g/mol. The van der Waals surface area contributed by atoms with Crippen molar-refractivity contribution < 1.29 is 22.9 Å². The van der Waals surface area contributed by atoms with Crippen molar-refractivity contribution in [1.29, 1.82) is 0 Å².